The van der Waals surface area contributed by atoms with Gasteiger partial charge in [-0.3, -0.25) is 4.79 Å². The van der Waals surface area contributed by atoms with Gasteiger partial charge in [0.1, 0.15) is 0 Å². The van der Waals surface area contributed by atoms with Gasteiger partial charge in [0.05, 0.1) is 16.8 Å². The van der Waals surface area contributed by atoms with E-state index in [0.717, 1.165) is 29.2 Å². The summed E-state index contributed by atoms with van der Waals surface area (Å²) >= 11 is 1.25. The van der Waals surface area contributed by atoms with Crippen molar-refractivity contribution in [1.82, 2.24) is 9.55 Å². The Balaban J connectivity index is 2.36. The minimum atomic E-state index is -0.831. The van der Waals surface area contributed by atoms with E-state index in [9.17, 15) is 4.79 Å². The molecule has 5 heteroatoms. The molecule has 1 N–H and O–H groups in total. The highest BCUT2D eigenvalue weighted by molar-refractivity contribution is 7.99. The van der Waals surface area contributed by atoms with E-state index in [1.54, 1.807) is 0 Å². The number of carbonyl (C=O) groups is 1. The van der Waals surface area contributed by atoms with Crippen molar-refractivity contribution in [3.63, 3.8) is 0 Å². The first-order valence-corrected chi connectivity index (χ1v) is 6.61. The highest BCUT2D eigenvalue weighted by atomic mass is 32.2. The lowest BCUT2D eigenvalue weighted by Crippen LogP contribution is -2.03. The number of hydrogen-bond acceptors (Lipinski definition) is 3. The Labute approximate surface area is 109 Å². The van der Waals surface area contributed by atoms with Crippen LogP contribution in [-0.2, 0) is 11.3 Å². The van der Waals surface area contributed by atoms with Crippen molar-refractivity contribution in [2.75, 3.05) is 5.75 Å². The second-order valence-electron chi connectivity index (χ2n) is 3.79. The highest BCUT2D eigenvalue weighted by Gasteiger charge is 2.11. The molecule has 18 heavy (non-hydrogen) atoms. The molecule has 0 aliphatic heterocycles. The topological polar surface area (TPSA) is 55.1 Å². The van der Waals surface area contributed by atoms with E-state index in [0.29, 0.717) is 0 Å². The molecular weight excluding hydrogens is 248 g/mol. The summed E-state index contributed by atoms with van der Waals surface area (Å²) in [6.07, 6.45) is 2.68. The van der Waals surface area contributed by atoms with Crippen LogP contribution >= 0.6 is 11.8 Å². The summed E-state index contributed by atoms with van der Waals surface area (Å²) in [5.41, 5.74) is 1.93. The Bertz CT molecular complexity index is 577. The first-order chi connectivity index (χ1) is 8.72. The van der Waals surface area contributed by atoms with Crippen molar-refractivity contribution in [3.05, 3.63) is 36.9 Å². The first kappa shape index (κ1) is 12.7. The lowest BCUT2D eigenvalue weighted by atomic mass is 10.3. The van der Waals surface area contributed by atoms with Gasteiger partial charge in [-0.25, -0.2) is 4.98 Å². The van der Waals surface area contributed by atoms with E-state index in [2.05, 4.69) is 11.6 Å². The van der Waals surface area contributed by atoms with E-state index < -0.39 is 5.97 Å². The maximum Gasteiger partial charge on any atom is 0.313 e. The molecule has 0 atom stereocenters. The lowest BCUT2D eigenvalue weighted by Gasteiger charge is -2.06. The van der Waals surface area contributed by atoms with Crippen LogP contribution in [0.5, 0.6) is 0 Å². The van der Waals surface area contributed by atoms with E-state index in [-0.39, 0.29) is 5.75 Å². The normalized spacial score (nSPS) is 10.7. The summed E-state index contributed by atoms with van der Waals surface area (Å²) in [6, 6.07) is 7.82. The second kappa shape index (κ2) is 5.73. The van der Waals surface area contributed by atoms with Gasteiger partial charge in [-0.05, 0) is 18.6 Å². The summed E-state index contributed by atoms with van der Waals surface area (Å²) in [5, 5.41) is 9.49. The Morgan fingerprint density at radius 1 is 1.50 bits per heavy atom. The van der Waals surface area contributed by atoms with Crippen LogP contribution in [0.2, 0.25) is 0 Å². The highest BCUT2D eigenvalue weighted by Crippen LogP contribution is 2.24. The molecule has 0 fully saturated rings. The third-order valence-electron chi connectivity index (χ3n) is 2.50. The minimum absolute atomic E-state index is 0.0252. The number of para-hydroxylation sites is 2. The number of imidazole rings is 1. The molecule has 0 bridgehead atoms. The van der Waals surface area contributed by atoms with Crippen LogP contribution in [0.25, 0.3) is 11.0 Å². The quantitative estimate of drug-likeness (QED) is 0.642. The molecule has 1 aromatic carbocycles. The van der Waals surface area contributed by atoms with Gasteiger partial charge >= 0.3 is 5.97 Å². The molecule has 0 aliphatic rings. The number of carboxylic acid groups (broad SMARTS) is 1. The molecule has 0 unspecified atom stereocenters. The van der Waals surface area contributed by atoms with Gasteiger partial charge in [0, 0.05) is 6.54 Å². The first-order valence-electron chi connectivity index (χ1n) is 5.63. The maximum absolute atomic E-state index is 10.6. The Morgan fingerprint density at radius 2 is 2.28 bits per heavy atom. The van der Waals surface area contributed by atoms with Crippen molar-refractivity contribution >= 4 is 28.8 Å². The molecule has 4 nitrogen and oxygen atoms in total. The fourth-order valence-electron chi connectivity index (χ4n) is 1.73. The summed E-state index contributed by atoms with van der Waals surface area (Å²) in [5.74, 6) is -0.806. The predicted octanol–water partition coefficient (Wildman–Crippen LogP) is 2.79. The Morgan fingerprint density at radius 3 is 3.00 bits per heavy atom. The van der Waals surface area contributed by atoms with Gasteiger partial charge in [0.2, 0.25) is 0 Å². The molecule has 94 valence electrons. The van der Waals surface area contributed by atoms with Gasteiger partial charge in [-0.15, -0.1) is 6.58 Å². The second-order valence-corrected chi connectivity index (χ2v) is 4.74. The van der Waals surface area contributed by atoms with Crippen molar-refractivity contribution in [2.24, 2.45) is 0 Å². The molecule has 2 aromatic rings. The number of nitrogens with zero attached hydrogens (tertiary/aromatic N) is 2. The van der Waals surface area contributed by atoms with Crippen LogP contribution in [0.15, 0.2) is 42.1 Å². The largest absolute Gasteiger partial charge is 0.481 e. The predicted molar refractivity (Wildman–Crippen MR) is 72.9 cm³/mol. The van der Waals surface area contributed by atoms with Crippen molar-refractivity contribution in [3.8, 4) is 0 Å². The molecule has 0 radical (unpaired) electrons. The zero-order chi connectivity index (χ0) is 13.0. The van der Waals surface area contributed by atoms with Crippen LogP contribution in [0, 0.1) is 0 Å². The Kier molecular flexibility index (Phi) is 4.04. The van der Waals surface area contributed by atoms with Gasteiger partial charge in [0.25, 0.3) is 0 Å². The smallest absolute Gasteiger partial charge is 0.313 e. The van der Waals surface area contributed by atoms with Gasteiger partial charge in [0.15, 0.2) is 5.16 Å². The number of aliphatic carboxylic acids is 1. The van der Waals surface area contributed by atoms with Gasteiger partial charge in [-0.2, -0.15) is 0 Å². The van der Waals surface area contributed by atoms with E-state index in [1.807, 2.05) is 34.9 Å². The number of aryl methyl sites for hydroxylation is 1. The zero-order valence-corrected chi connectivity index (χ0v) is 10.7. The molecule has 0 saturated carbocycles. The van der Waals surface area contributed by atoms with Gasteiger partial charge in [-0.1, -0.05) is 30.0 Å². The Hall–Kier alpha value is -1.75. The third kappa shape index (κ3) is 2.73. The van der Waals surface area contributed by atoms with Crippen LogP contribution < -0.4 is 0 Å². The number of thioether (sulfide) groups is 1. The van der Waals surface area contributed by atoms with E-state index in [4.69, 9.17) is 5.11 Å². The average Bonchev–Trinajstić information content (AvgIpc) is 2.71. The number of fused-ring (bicyclic) bond motifs is 1. The average molecular weight is 262 g/mol. The SMILES string of the molecule is C=CCCn1c(SCC(=O)O)nc2ccccc21. The minimum Gasteiger partial charge on any atom is -0.481 e. The molecule has 2 rings (SSSR count). The van der Waals surface area contributed by atoms with Crippen LogP contribution in [-0.4, -0.2) is 26.4 Å². The molecule has 0 spiro atoms. The van der Waals surface area contributed by atoms with E-state index in [1.165, 1.54) is 11.8 Å². The van der Waals surface area contributed by atoms with Crippen LogP contribution in [0.1, 0.15) is 6.42 Å². The number of benzene rings is 1. The maximum atomic E-state index is 10.6. The monoisotopic (exact) mass is 262 g/mol. The molecule has 0 aliphatic carbocycles. The number of rotatable bonds is 6. The molecule has 0 amide bonds. The molecule has 1 heterocycles. The zero-order valence-electron chi connectivity index (χ0n) is 9.87. The lowest BCUT2D eigenvalue weighted by molar-refractivity contribution is -0.133. The molecule has 0 saturated heterocycles. The summed E-state index contributed by atoms with van der Waals surface area (Å²) in [4.78, 5) is 15.1. The standard InChI is InChI=1S/C13H14N2O2S/c1-2-3-8-15-11-7-5-4-6-10(11)14-13(15)18-9-12(16)17/h2,4-7H,1,3,8-9H2,(H,16,17). The summed E-state index contributed by atoms with van der Waals surface area (Å²) in [6.45, 7) is 4.48. The number of carboxylic acids is 1. The fourth-order valence-corrected chi connectivity index (χ4v) is 2.49. The number of aromatic nitrogens is 2. The number of hydrogen-bond donors (Lipinski definition) is 1. The van der Waals surface area contributed by atoms with Crippen molar-refractivity contribution in [1.29, 1.82) is 0 Å². The molecular formula is C13H14N2O2S. The van der Waals surface area contributed by atoms with Crippen LogP contribution in [0.4, 0.5) is 0 Å². The van der Waals surface area contributed by atoms with Gasteiger partial charge < -0.3 is 9.67 Å². The third-order valence-corrected chi connectivity index (χ3v) is 3.46. The number of allylic oxidation sites excluding steroid dienone is 1. The van der Waals surface area contributed by atoms with E-state index >= 15 is 0 Å². The van der Waals surface area contributed by atoms with Crippen molar-refractivity contribution < 1.29 is 9.90 Å². The fraction of sp³-hybridized carbons (Fsp3) is 0.231. The molecule has 1 aromatic heterocycles. The summed E-state index contributed by atoms with van der Waals surface area (Å²) < 4.78 is 2.05. The van der Waals surface area contributed by atoms with Crippen LogP contribution in [0.3, 0.4) is 0 Å². The van der Waals surface area contributed by atoms with Crippen molar-refractivity contribution in [2.45, 2.75) is 18.1 Å². The summed E-state index contributed by atoms with van der Waals surface area (Å²) in [7, 11) is 0.